The van der Waals surface area contributed by atoms with E-state index in [-0.39, 0.29) is 12.1 Å². The fraction of sp³-hybridized carbons (Fsp3) is 0.318. The van der Waals surface area contributed by atoms with Crippen LogP contribution in [0.1, 0.15) is 44.4 Å². The van der Waals surface area contributed by atoms with Crippen LogP contribution in [-0.2, 0) is 4.74 Å². The standard InChI is InChI=1S/C22H27NO2/c1-22(2,3)25-21(24)23(4)20(19-15-9-6-10-16-19)17-11-14-18-12-7-5-8-13-18/h5-16,20H,17H2,1-4H3/b14-11-/t20-/m1/s1. The number of rotatable bonds is 5. The first kappa shape index (κ1) is 18.8. The van der Waals surface area contributed by atoms with Gasteiger partial charge < -0.3 is 9.64 Å². The van der Waals surface area contributed by atoms with Gasteiger partial charge >= 0.3 is 6.09 Å². The molecule has 0 radical (unpaired) electrons. The minimum atomic E-state index is -0.507. The van der Waals surface area contributed by atoms with Crippen molar-refractivity contribution in [2.45, 2.75) is 38.8 Å². The molecule has 2 rings (SSSR count). The van der Waals surface area contributed by atoms with Crippen molar-refractivity contribution < 1.29 is 9.53 Å². The lowest BCUT2D eigenvalue weighted by Gasteiger charge is -2.30. The molecule has 0 saturated carbocycles. The molecule has 0 bridgehead atoms. The van der Waals surface area contributed by atoms with E-state index in [0.717, 1.165) is 11.1 Å². The topological polar surface area (TPSA) is 29.5 Å². The average molecular weight is 337 g/mol. The van der Waals surface area contributed by atoms with Crippen molar-refractivity contribution in [1.82, 2.24) is 4.90 Å². The number of hydrogen-bond acceptors (Lipinski definition) is 2. The Balaban J connectivity index is 2.16. The zero-order chi connectivity index (χ0) is 18.3. The average Bonchev–Trinajstić information content (AvgIpc) is 2.58. The van der Waals surface area contributed by atoms with Crippen LogP contribution in [0, 0.1) is 0 Å². The van der Waals surface area contributed by atoms with Gasteiger partial charge in [-0.3, -0.25) is 0 Å². The maximum absolute atomic E-state index is 12.5. The Hall–Kier alpha value is -2.55. The predicted molar refractivity (Wildman–Crippen MR) is 103 cm³/mol. The summed E-state index contributed by atoms with van der Waals surface area (Å²) in [5.74, 6) is 0. The van der Waals surface area contributed by atoms with Crippen molar-refractivity contribution in [3.8, 4) is 0 Å². The van der Waals surface area contributed by atoms with Gasteiger partial charge in [-0.05, 0) is 38.3 Å². The van der Waals surface area contributed by atoms with Crippen LogP contribution in [0.25, 0.3) is 6.08 Å². The summed E-state index contributed by atoms with van der Waals surface area (Å²) in [5.41, 5.74) is 1.73. The summed E-state index contributed by atoms with van der Waals surface area (Å²) in [6.07, 6.45) is 4.59. The molecule has 132 valence electrons. The van der Waals surface area contributed by atoms with Crippen molar-refractivity contribution >= 4 is 12.2 Å². The molecule has 0 fully saturated rings. The summed E-state index contributed by atoms with van der Waals surface area (Å²) in [7, 11) is 1.79. The molecular weight excluding hydrogens is 310 g/mol. The molecule has 3 heteroatoms. The summed E-state index contributed by atoms with van der Waals surface area (Å²) >= 11 is 0. The lowest BCUT2D eigenvalue weighted by atomic mass is 10.0. The third-order valence-corrected chi connectivity index (χ3v) is 3.80. The van der Waals surface area contributed by atoms with Crippen LogP contribution in [0.3, 0.4) is 0 Å². The molecule has 0 spiro atoms. The van der Waals surface area contributed by atoms with Crippen molar-refractivity contribution in [3.63, 3.8) is 0 Å². The van der Waals surface area contributed by atoms with E-state index in [1.54, 1.807) is 11.9 Å². The smallest absolute Gasteiger partial charge is 0.410 e. The first-order valence-electron chi connectivity index (χ1n) is 8.59. The normalized spacial score (nSPS) is 12.8. The van der Waals surface area contributed by atoms with Gasteiger partial charge in [-0.15, -0.1) is 0 Å². The number of carbonyl (C=O) groups is 1. The molecular formula is C22H27NO2. The summed E-state index contributed by atoms with van der Waals surface area (Å²) < 4.78 is 5.53. The Labute approximate surface area is 150 Å². The van der Waals surface area contributed by atoms with Crippen molar-refractivity contribution in [3.05, 3.63) is 77.9 Å². The Kier molecular flexibility index (Phi) is 6.40. The van der Waals surface area contributed by atoms with Crippen LogP contribution in [0.5, 0.6) is 0 Å². The molecule has 25 heavy (non-hydrogen) atoms. The van der Waals surface area contributed by atoms with E-state index in [4.69, 9.17) is 4.74 Å². The molecule has 0 N–H and O–H groups in total. The number of hydrogen-bond donors (Lipinski definition) is 0. The maximum Gasteiger partial charge on any atom is 0.410 e. The summed E-state index contributed by atoms with van der Waals surface area (Å²) in [5, 5.41) is 0. The largest absolute Gasteiger partial charge is 0.444 e. The van der Waals surface area contributed by atoms with E-state index >= 15 is 0 Å². The molecule has 0 saturated heterocycles. The van der Waals surface area contributed by atoms with Crippen molar-refractivity contribution in [2.75, 3.05) is 7.05 Å². The van der Waals surface area contributed by atoms with Crippen LogP contribution >= 0.6 is 0 Å². The van der Waals surface area contributed by atoms with E-state index in [9.17, 15) is 4.79 Å². The second-order valence-electron chi connectivity index (χ2n) is 7.07. The van der Waals surface area contributed by atoms with Gasteiger partial charge in [0.25, 0.3) is 0 Å². The van der Waals surface area contributed by atoms with E-state index in [1.165, 1.54) is 0 Å². The molecule has 3 nitrogen and oxygen atoms in total. The zero-order valence-corrected chi connectivity index (χ0v) is 15.5. The summed E-state index contributed by atoms with van der Waals surface area (Å²) in [6, 6.07) is 20.1. The maximum atomic E-state index is 12.5. The van der Waals surface area contributed by atoms with E-state index in [1.807, 2.05) is 69.3 Å². The van der Waals surface area contributed by atoms with Crippen LogP contribution in [0.2, 0.25) is 0 Å². The number of ether oxygens (including phenoxy) is 1. The molecule has 2 aromatic rings. The van der Waals surface area contributed by atoms with Gasteiger partial charge in [0.15, 0.2) is 0 Å². The number of amides is 1. The molecule has 0 aromatic heterocycles. The Morgan fingerprint density at radius 1 is 1.04 bits per heavy atom. The lowest BCUT2D eigenvalue weighted by Crippen LogP contribution is -2.36. The second-order valence-corrected chi connectivity index (χ2v) is 7.07. The lowest BCUT2D eigenvalue weighted by molar-refractivity contribution is 0.0221. The molecule has 0 unspecified atom stereocenters. The monoisotopic (exact) mass is 337 g/mol. The molecule has 2 aromatic carbocycles. The fourth-order valence-electron chi connectivity index (χ4n) is 2.55. The number of nitrogens with zero attached hydrogens (tertiary/aromatic N) is 1. The predicted octanol–water partition coefficient (Wildman–Crippen LogP) is 5.70. The zero-order valence-electron chi connectivity index (χ0n) is 15.5. The first-order valence-corrected chi connectivity index (χ1v) is 8.59. The Morgan fingerprint density at radius 3 is 2.16 bits per heavy atom. The first-order chi connectivity index (χ1) is 11.9. The van der Waals surface area contributed by atoms with Crippen molar-refractivity contribution in [2.24, 2.45) is 0 Å². The van der Waals surface area contributed by atoms with Gasteiger partial charge in [0.1, 0.15) is 5.60 Å². The van der Waals surface area contributed by atoms with Crippen LogP contribution in [0.4, 0.5) is 4.79 Å². The number of carbonyl (C=O) groups excluding carboxylic acids is 1. The van der Waals surface area contributed by atoms with E-state index in [2.05, 4.69) is 24.3 Å². The van der Waals surface area contributed by atoms with Gasteiger partial charge in [0.05, 0.1) is 6.04 Å². The minimum absolute atomic E-state index is 0.0731. The van der Waals surface area contributed by atoms with Crippen LogP contribution in [-0.4, -0.2) is 23.6 Å². The highest BCUT2D eigenvalue weighted by Gasteiger charge is 2.25. The SMILES string of the molecule is CN(C(=O)OC(C)(C)C)[C@H](C/C=C\c1ccccc1)c1ccccc1. The molecule has 0 heterocycles. The Bertz CT molecular complexity index is 687. The number of benzene rings is 2. The minimum Gasteiger partial charge on any atom is -0.444 e. The molecule has 0 aliphatic carbocycles. The highest BCUT2D eigenvalue weighted by Crippen LogP contribution is 2.25. The molecule has 0 aliphatic rings. The second kappa shape index (κ2) is 8.52. The van der Waals surface area contributed by atoms with E-state index in [0.29, 0.717) is 6.42 Å². The third kappa shape index (κ3) is 6.11. The van der Waals surface area contributed by atoms with E-state index < -0.39 is 5.60 Å². The van der Waals surface area contributed by atoms with Gasteiger partial charge in [0.2, 0.25) is 0 Å². The van der Waals surface area contributed by atoms with Gasteiger partial charge in [-0.2, -0.15) is 0 Å². The highest BCUT2D eigenvalue weighted by molar-refractivity contribution is 5.68. The molecule has 1 atom stereocenters. The molecule has 1 amide bonds. The van der Waals surface area contributed by atoms with Crippen molar-refractivity contribution in [1.29, 1.82) is 0 Å². The quantitative estimate of drug-likeness (QED) is 0.700. The summed E-state index contributed by atoms with van der Waals surface area (Å²) in [6.45, 7) is 5.64. The molecule has 0 aliphatic heterocycles. The van der Waals surface area contributed by atoms with Gasteiger partial charge in [-0.25, -0.2) is 4.79 Å². The third-order valence-electron chi connectivity index (χ3n) is 3.80. The van der Waals surface area contributed by atoms with Crippen LogP contribution in [0.15, 0.2) is 66.7 Å². The van der Waals surface area contributed by atoms with Gasteiger partial charge in [-0.1, -0.05) is 72.8 Å². The fourth-order valence-corrected chi connectivity index (χ4v) is 2.55. The highest BCUT2D eigenvalue weighted by atomic mass is 16.6. The van der Waals surface area contributed by atoms with Crippen LogP contribution < -0.4 is 0 Å². The Morgan fingerprint density at radius 2 is 1.60 bits per heavy atom. The summed E-state index contributed by atoms with van der Waals surface area (Å²) in [4.78, 5) is 14.2. The van der Waals surface area contributed by atoms with Gasteiger partial charge in [0, 0.05) is 7.05 Å².